The van der Waals surface area contributed by atoms with E-state index in [1.54, 1.807) is 0 Å². The minimum Gasteiger partial charge on any atom is -0.396 e. The quantitative estimate of drug-likeness (QED) is 0.818. The van der Waals surface area contributed by atoms with E-state index < -0.39 is 0 Å². The lowest BCUT2D eigenvalue weighted by Crippen LogP contribution is -2.36. The van der Waals surface area contributed by atoms with Gasteiger partial charge in [0.25, 0.3) is 0 Å². The van der Waals surface area contributed by atoms with E-state index in [2.05, 4.69) is 14.9 Å². The first-order valence-electron chi connectivity index (χ1n) is 5.87. The van der Waals surface area contributed by atoms with Crippen LogP contribution in [0.4, 0.5) is 5.95 Å². The second kappa shape index (κ2) is 4.78. The molecular formula is C12H19N3O. The highest BCUT2D eigenvalue weighted by molar-refractivity contribution is 5.32. The number of anilines is 1. The van der Waals surface area contributed by atoms with Gasteiger partial charge in [0, 0.05) is 31.1 Å². The first-order valence-corrected chi connectivity index (χ1v) is 5.87. The molecule has 16 heavy (non-hydrogen) atoms. The number of nitrogens with zero attached hydrogens (tertiary/aromatic N) is 3. The summed E-state index contributed by atoms with van der Waals surface area (Å²) in [6.07, 6.45) is 2.07. The smallest absolute Gasteiger partial charge is 0.225 e. The van der Waals surface area contributed by atoms with Crippen LogP contribution < -0.4 is 4.90 Å². The van der Waals surface area contributed by atoms with Crippen molar-refractivity contribution in [2.75, 3.05) is 24.6 Å². The maximum absolute atomic E-state index is 9.09. The van der Waals surface area contributed by atoms with Crippen LogP contribution in [0.25, 0.3) is 0 Å². The summed E-state index contributed by atoms with van der Waals surface area (Å²) >= 11 is 0. The van der Waals surface area contributed by atoms with E-state index >= 15 is 0 Å². The third-order valence-electron chi connectivity index (χ3n) is 3.13. The van der Waals surface area contributed by atoms with Crippen LogP contribution in [0.1, 0.15) is 24.2 Å². The Morgan fingerprint density at radius 3 is 2.31 bits per heavy atom. The van der Waals surface area contributed by atoms with Crippen molar-refractivity contribution in [1.82, 2.24) is 9.97 Å². The third kappa shape index (κ3) is 2.50. The fraction of sp³-hybridized carbons (Fsp3) is 0.667. The highest BCUT2D eigenvalue weighted by Crippen LogP contribution is 2.20. The summed E-state index contributed by atoms with van der Waals surface area (Å²) in [6.45, 7) is 6.21. The van der Waals surface area contributed by atoms with Crippen LogP contribution in [0.3, 0.4) is 0 Å². The van der Waals surface area contributed by atoms with Crippen LogP contribution in [0.2, 0.25) is 0 Å². The average molecular weight is 221 g/mol. The zero-order chi connectivity index (χ0) is 11.5. The zero-order valence-corrected chi connectivity index (χ0v) is 9.98. The molecule has 0 unspecified atom stereocenters. The lowest BCUT2D eigenvalue weighted by molar-refractivity contribution is 0.202. The van der Waals surface area contributed by atoms with Gasteiger partial charge in [-0.1, -0.05) is 0 Å². The van der Waals surface area contributed by atoms with Crippen molar-refractivity contribution in [2.45, 2.75) is 26.7 Å². The molecule has 1 aromatic heterocycles. The number of aryl methyl sites for hydroxylation is 2. The van der Waals surface area contributed by atoms with Crippen LogP contribution in [0.5, 0.6) is 0 Å². The van der Waals surface area contributed by atoms with E-state index in [0.717, 1.165) is 43.3 Å². The minimum atomic E-state index is 0.307. The molecule has 0 aliphatic carbocycles. The lowest BCUT2D eigenvalue weighted by atomic mass is 9.98. The Kier molecular flexibility index (Phi) is 3.39. The maximum atomic E-state index is 9.09. The molecule has 1 N–H and O–H groups in total. The molecule has 0 aromatic carbocycles. The number of aromatic nitrogens is 2. The monoisotopic (exact) mass is 221 g/mol. The van der Waals surface area contributed by atoms with Gasteiger partial charge in [0.15, 0.2) is 0 Å². The number of hydrogen-bond donors (Lipinski definition) is 1. The fourth-order valence-corrected chi connectivity index (χ4v) is 2.16. The van der Waals surface area contributed by atoms with Gasteiger partial charge >= 0.3 is 0 Å². The summed E-state index contributed by atoms with van der Waals surface area (Å²) in [4.78, 5) is 11.1. The second-order valence-electron chi connectivity index (χ2n) is 4.56. The van der Waals surface area contributed by atoms with E-state index in [-0.39, 0.29) is 0 Å². The summed E-state index contributed by atoms with van der Waals surface area (Å²) < 4.78 is 0. The fourth-order valence-electron chi connectivity index (χ4n) is 2.16. The zero-order valence-electron chi connectivity index (χ0n) is 9.98. The van der Waals surface area contributed by atoms with Gasteiger partial charge in [0.05, 0.1) is 0 Å². The molecule has 0 radical (unpaired) electrons. The normalized spacial score (nSPS) is 17.8. The average Bonchev–Trinajstić information content (AvgIpc) is 2.28. The summed E-state index contributed by atoms with van der Waals surface area (Å²) in [5.41, 5.74) is 2.04. The Hall–Kier alpha value is -1.16. The van der Waals surface area contributed by atoms with Gasteiger partial charge in [-0.05, 0) is 38.7 Å². The predicted octanol–water partition coefficient (Wildman–Crippen LogP) is 1.30. The first-order chi connectivity index (χ1) is 7.69. The first kappa shape index (κ1) is 11.3. The van der Waals surface area contributed by atoms with Gasteiger partial charge in [-0.3, -0.25) is 0 Å². The van der Waals surface area contributed by atoms with Crippen molar-refractivity contribution >= 4 is 5.95 Å². The van der Waals surface area contributed by atoms with E-state index in [1.807, 2.05) is 19.9 Å². The van der Waals surface area contributed by atoms with Crippen LogP contribution in [-0.4, -0.2) is 34.8 Å². The van der Waals surface area contributed by atoms with Crippen LogP contribution >= 0.6 is 0 Å². The molecule has 0 bridgehead atoms. The van der Waals surface area contributed by atoms with Crippen molar-refractivity contribution in [2.24, 2.45) is 5.92 Å². The van der Waals surface area contributed by atoms with Crippen LogP contribution in [0.15, 0.2) is 6.07 Å². The Balaban J connectivity index is 2.08. The molecule has 2 heterocycles. The Morgan fingerprint density at radius 1 is 1.25 bits per heavy atom. The van der Waals surface area contributed by atoms with Gasteiger partial charge in [0.2, 0.25) is 5.95 Å². The van der Waals surface area contributed by atoms with Crippen LogP contribution in [-0.2, 0) is 0 Å². The molecule has 4 heteroatoms. The molecule has 1 fully saturated rings. The SMILES string of the molecule is Cc1cc(C)nc(N2CCC(CO)CC2)n1. The molecule has 88 valence electrons. The summed E-state index contributed by atoms with van der Waals surface area (Å²) in [6, 6.07) is 1.99. The number of rotatable bonds is 2. The van der Waals surface area contributed by atoms with Crippen molar-refractivity contribution < 1.29 is 5.11 Å². The van der Waals surface area contributed by atoms with Crippen molar-refractivity contribution in [3.05, 3.63) is 17.5 Å². The number of piperidine rings is 1. The van der Waals surface area contributed by atoms with Gasteiger partial charge in [-0.2, -0.15) is 0 Å². The molecule has 0 amide bonds. The molecule has 1 saturated heterocycles. The van der Waals surface area contributed by atoms with E-state index in [9.17, 15) is 0 Å². The highest BCUT2D eigenvalue weighted by atomic mass is 16.3. The lowest BCUT2D eigenvalue weighted by Gasteiger charge is -2.31. The second-order valence-corrected chi connectivity index (χ2v) is 4.56. The Morgan fingerprint density at radius 2 is 1.81 bits per heavy atom. The predicted molar refractivity (Wildman–Crippen MR) is 63.5 cm³/mol. The number of hydrogen-bond acceptors (Lipinski definition) is 4. The minimum absolute atomic E-state index is 0.307. The molecule has 0 saturated carbocycles. The van der Waals surface area contributed by atoms with Crippen LogP contribution in [0, 0.1) is 19.8 Å². The van der Waals surface area contributed by atoms with Gasteiger partial charge in [-0.15, -0.1) is 0 Å². The molecule has 1 aromatic rings. The molecular weight excluding hydrogens is 202 g/mol. The van der Waals surface area contributed by atoms with Crippen molar-refractivity contribution in [3.8, 4) is 0 Å². The summed E-state index contributed by atoms with van der Waals surface area (Å²) in [5, 5.41) is 9.09. The van der Waals surface area contributed by atoms with E-state index in [0.29, 0.717) is 12.5 Å². The molecule has 1 aliphatic heterocycles. The Labute approximate surface area is 96.3 Å². The van der Waals surface area contributed by atoms with E-state index in [1.165, 1.54) is 0 Å². The standard InChI is InChI=1S/C12H19N3O/c1-9-7-10(2)14-12(13-9)15-5-3-11(8-16)4-6-15/h7,11,16H,3-6,8H2,1-2H3. The summed E-state index contributed by atoms with van der Waals surface area (Å²) in [7, 11) is 0. The van der Waals surface area contributed by atoms with Crippen molar-refractivity contribution in [3.63, 3.8) is 0 Å². The molecule has 0 atom stereocenters. The molecule has 0 spiro atoms. The highest BCUT2D eigenvalue weighted by Gasteiger charge is 2.20. The largest absolute Gasteiger partial charge is 0.396 e. The van der Waals surface area contributed by atoms with Gasteiger partial charge in [0.1, 0.15) is 0 Å². The van der Waals surface area contributed by atoms with Gasteiger partial charge in [-0.25, -0.2) is 9.97 Å². The number of aliphatic hydroxyl groups excluding tert-OH is 1. The molecule has 2 rings (SSSR count). The topological polar surface area (TPSA) is 49.2 Å². The van der Waals surface area contributed by atoms with Gasteiger partial charge < -0.3 is 10.0 Å². The molecule has 1 aliphatic rings. The molecule has 4 nitrogen and oxygen atoms in total. The Bertz CT molecular complexity index is 339. The number of aliphatic hydroxyl groups is 1. The van der Waals surface area contributed by atoms with Crippen molar-refractivity contribution in [1.29, 1.82) is 0 Å². The summed E-state index contributed by atoms with van der Waals surface area (Å²) in [5.74, 6) is 1.30. The van der Waals surface area contributed by atoms with E-state index in [4.69, 9.17) is 5.11 Å². The maximum Gasteiger partial charge on any atom is 0.225 e. The third-order valence-corrected chi connectivity index (χ3v) is 3.13.